The predicted octanol–water partition coefficient (Wildman–Crippen LogP) is 2.20. The van der Waals surface area contributed by atoms with Crippen LogP contribution in [0.25, 0.3) is 0 Å². The zero-order valence-electron chi connectivity index (χ0n) is 18.3. The highest BCUT2D eigenvalue weighted by Gasteiger charge is 2.23. The lowest BCUT2D eigenvalue weighted by Crippen LogP contribution is -2.47. The first-order chi connectivity index (χ1) is 15.3. The highest BCUT2D eigenvalue weighted by molar-refractivity contribution is 7.89. The fraction of sp³-hybridized carbons (Fsp3) is 0.435. The lowest BCUT2D eigenvalue weighted by molar-refractivity contribution is -0.121. The van der Waals surface area contributed by atoms with Gasteiger partial charge in [0.25, 0.3) is 0 Å². The number of nitrogens with zero attached hydrogens (tertiary/aromatic N) is 1. The van der Waals surface area contributed by atoms with E-state index >= 15 is 0 Å². The number of hydrogen-bond donors (Lipinski definition) is 3. The fourth-order valence-corrected chi connectivity index (χ4v) is 4.80. The number of ketones is 1. The highest BCUT2D eigenvalue weighted by atomic mass is 32.2. The van der Waals surface area contributed by atoms with Gasteiger partial charge in [0, 0.05) is 25.2 Å². The van der Waals surface area contributed by atoms with Gasteiger partial charge in [-0.2, -0.15) is 4.72 Å². The van der Waals surface area contributed by atoms with Gasteiger partial charge in [0.1, 0.15) is 11.6 Å². The second-order valence-corrected chi connectivity index (χ2v) is 9.66. The third kappa shape index (κ3) is 6.86. The third-order valence-corrected chi connectivity index (χ3v) is 6.87. The maximum atomic E-state index is 12.4. The number of aromatic nitrogens is 1. The summed E-state index contributed by atoms with van der Waals surface area (Å²) in [5, 5.41) is 5.99. The summed E-state index contributed by atoms with van der Waals surface area (Å²) < 4.78 is 27.3. The number of unbranched alkanes of at least 4 members (excludes halogenated alkanes) is 1. The van der Waals surface area contributed by atoms with E-state index in [-0.39, 0.29) is 23.1 Å². The van der Waals surface area contributed by atoms with Gasteiger partial charge in [0.05, 0.1) is 10.9 Å². The van der Waals surface area contributed by atoms with Crippen LogP contribution in [0.4, 0.5) is 5.82 Å². The van der Waals surface area contributed by atoms with E-state index in [9.17, 15) is 18.0 Å². The van der Waals surface area contributed by atoms with Crippen molar-refractivity contribution in [2.75, 3.05) is 18.4 Å². The Morgan fingerprint density at radius 2 is 1.91 bits per heavy atom. The Balaban J connectivity index is 1.41. The van der Waals surface area contributed by atoms with Crippen LogP contribution in [0.1, 0.15) is 43.9 Å². The second-order valence-electron chi connectivity index (χ2n) is 7.95. The van der Waals surface area contributed by atoms with E-state index in [1.165, 1.54) is 24.6 Å². The van der Waals surface area contributed by atoms with Crippen LogP contribution in [0.2, 0.25) is 0 Å². The van der Waals surface area contributed by atoms with Crippen LogP contribution < -0.4 is 15.4 Å². The summed E-state index contributed by atoms with van der Waals surface area (Å²) >= 11 is 0. The largest absolute Gasteiger partial charge is 0.370 e. The molecule has 2 heterocycles. The summed E-state index contributed by atoms with van der Waals surface area (Å²) in [6, 6.07) is 11.0. The molecule has 1 aliphatic heterocycles. The molecule has 2 aromatic rings. The zero-order chi connectivity index (χ0) is 23.0. The summed E-state index contributed by atoms with van der Waals surface area (Å²) in [7, 11) is -3.84. The fourth-order valence-electron chi connectivity index (χ4n) is 3.53. The SMILES string of the molecule is CC(=O)C(CNC(=O)CCCCc1ccc2c(n1)NCCC2)NS(=O)(=O)c1ccccc1. The van der Waals surface area contributed by atoms with Crippen LogP contribution in [0, 0.1) is 0 Å². The van der Waals surface area contributed by atoms with Gasteiger partial charge in [-0.15, -0.1) is 0 Å². The van der Waals surface area contributed by atoms with Crippen molar-refractivity contribution in [3.05, 3.63) is 53.7 Å². The molecule has 1 aromatic carbocycles. The van der Waals surface area contributed by atoms with E-state index in [2.05, 4.69) is 26.4 Å². The number of Topliss-reactive ketones (excluding diaryl/α,β-unsaturated/α-hetero) is 1. The number of rotatable bonds is 11. The van der Waals surface area contributed by atoms with Gasteiger partial charge in [-0.25, -0.2) is 13.4 Å². The second kappa shape index (κ2) is 11.2. The van der Waals surface area contributed by atoms with Crippen molar-refractivity contribution < 1.29 is 18.0 Å². The quantitative estimate of drug-likeness (QED) is 0.445. The molecule has 3 N–H and O–H groups in total. The molecule has 8 nitrogen and oxygen atoms in total. The predicted molar refractivity (Wildman–Crippen MR) is 123 cm³/mol. The monoisotopic (exact) mass is 458 g/mol. The first-order valence-electron chi connectivity index (χ1n) is 10.9. The maximum absolute atomic E-state index is 12.4. The van der Waals surface area contributed by atoms with Gasteiger partial charge in [0.15, 0.2) is 0 Å². The number of fused-ring (bicyclic) bond motifs is 1. The average Bonchev–Trinajstić information content (AvgIpc) is 2.79. The maximum Gasteiger partial charge on any atom is 0.241 e. The van der Waals surface area contributed by atoms with E-state index in [4.69, 9.17) is 0 Å². The summed E-state index contributed by atoms with van der Waals surface area (Å²) in [4.78, 5) is 28.8. The van der Waals surface area contributed by atoms with Crippen LogP contribution in [0.5, 0.6) is 0 Å². The summed E-state index contributed by atoms with van der Waals surface area (Å²) in [6.45, 7) is 2.16. The molecule has 0 spiro atoms. The van der Waals surface area contributed by atoms with Crippen LogP contribution in [-0.2, 0) is 32.5 Å². The Kier molecular flexibility index (Phi) is 8.35. The van der Waals surface area contributed by atoms with E-state index in [1.54, 1.807) is 18.2 Å². The molecule has 32 heavy (non-hydrogen) atoms. The van der Waals surface area contributed by atoms with Gasteiger partial charge in [-0.1, -0.05) is 24.3 Å². The Bertz CT molecular complexity index is 1040. The third-order valence-electron chi connectivity index (χ3n) is 5.38. The van der Waals surface area contributed by atoms with Crippen LogP contribution >= 0.6 is 0 Å². The van der Waals surface area contributed by atoms with Crippen LogP contribution in [0.15, 0.2) is 47.4 Å². The Morgan fingerprint density at radius 3 is 2.66 bits per heavy atom. The molecule has 3 rings (SSSR count). The first kappa shape index (κ1) is 23.9. The zero-order valence-corrected chi connectivity index (χ0v) is 19.1. The number of carbonyl (C=O) groups excluding carboxylic acids is 2. The minimum Gasteiger partial charge on any atom is -0.370 e. The standard InChI is InChI=1S/C23H30N4O4S/c1-17(28)21(27-32(30,31)20-10-3-2-4-11-20)16-25-22(29)12-6-5-9-19-14-13-18-8-7-15-24-23(18)26-19/h2-4,10-11,13-14,21,27H,5-9,12,15-16H2,1H3,(H,24,26)(H,25,29). The first-order valence-corrected chi connectivity index (χ1v) is 12.4. The van der Waals surface area contributed by atoms with Gasteiger partial charge in [0.2, 0.25) is 15.9 Å². The van der Waals surface area contributed by atoms with Gasteiger partial charge in [-0.3, -0.25) is 9.59 Å². The van der Waals surface area contributed by atoms with E-state index < -0.39 is 16.1 Å². The number of benzene rings is 1. The molecule has 0 fully saturated rings. The van der Waals surface area contributed by atoms with Gasteiger partial charge < -0.3 is 10.6 Å². The number of nitrogens with one attached hydrogen (secondary N) is 3. The number of anilines is 1. The van der Waals surface area contributed by atoms with E-state index in [0.29, 0.717) is 12.8 Å². The number of sulfonamides is 1. The van der Waals surface area contributed by atoms with Gasteiger partial charge >= 0.3 is 0 Å². The molecule has 9 heteroatoms. The van der Waals surface area contributed by atoms with Crippen molar-refractivity contribution in [3.63, 3.8) is 0 Å². The number of carbonyl (C=O) groups is 2. The van der Waals surface area contributed by atoms with Crippen molar-refractivity contribution in [2.24, 2.45) is 0 Å². The van der Waals surface area contributed by atoms with E-state index in [1.807, 2.05) is 6.07 Å². The topological polar surface area (TPSA) is 117 Å². The number of pyridine rings is 1. The van der Waals surface area contributed by atoms with Crippen molar-refractivity contribution in [2.45, 2.75) is 56.4 Å². The average molecular weight is 459 g/mol. The molecule has 1 aromatic heterocycles. The molecule has 0 radical (unpaired) electrons. The molecular weight excluding hydrogens is 428 g/mol. The van der Waals surface area contributed by atoms with Crippen molar-refractivity contribution in [3.8, 4) is 0 Å². The minimum atomic E-state index is -3.84. The lowest BCUT2D eigenvalue weighted by atomic mass is 10.1. The van der Waals surface area contributed by atoms with Gasteiger partial charge in [-0.05, 0) is 62.8 Å². The molecule has 172 valence electrons. The summed E-state index contributed by atoms with van der Waals surface area (Å²) in [5.74, 6) is 0.395. The lowest BCUT2D eigenvalue weighted by Gasteiger charge is -2.17. The van der Waals surface area contributed by atoms with Crippen LogP contribution in [-0.4, -0.2) is 44.2 Å². The molecule has 0 bridgehead atoms. The minimum absolute atomic E-state index is 0.0727. The van der Waals surface area contributed by atoms with Crippen LogP contribution in [0.3, 0.4) is 0 Å². The molecule has 0 aliphatic carbocycles. The number of hydrogen-bond acceptors (Lipinski definition) is 6. The molecule has 1 amide bonds. The Labute approximate surface area is 189 Å². The number of aryl methyl sites for hydroxylation is 2. The molecule has 1 aliphatic rings. The molecule has 1 unspecified atom stereocenters. The summed E-state index contributed by atoms with van der Waals surface area (Å²) in [6.07, 6.45) is 4.77. The smallest absolute Gasteiger partial charge is 0.241 e. The summed E-state index contributed by atoms with van der Waals surface area (Å²) in [5.41, 5.74) is 2.26. The highest BCUT2D eigenvalue weighted by Crippen LogP contribution is 2.20. The van der Waals surface area contributed by atoms with Crippen molar-refractivity contribution in [1.29, 1.82) is 0 Å². The Hall–Kier alpha value is -2.78. The number of amides is 1. The van der Waals surface area contributed by atoms with E-state index in [0.717, 1.165) is 43.7 Å². The molecule has 0 saturated carbocycles. The Morgan fingerprint density at radius 1 is 1.12 bits per heavy atom. The normalized spacial score (nSPS) is 14.2. The molecule has 1 atom stereocenters. The molecular formula is C23H30N4O4S. The molecule has 0 saturated heterocycles. The van der Waals surface area contributed by atoms with Crippen molar-refractivity contribution in [1.82, 2.24) is 15.0 Å². The van der Waals surface area contributed by atoms with Crippen molar-refractivity contribution >= 4 is 27.5 Å².